The van der Waals surface area contributed by atoms with Crippen LogP contribution in [0.3, 0.4) is 0 Å². The van der Waals surface area contributed by atoms with E-state index in [1.54, 1.807) is 6.07 Å². The molecule has 170 valence electrons. The third-order valence-corrected chi connectivity index (χ3v) is 5.70. The van der Waals surface area contributed by atoms with E-state index in [0.717, 1.165) is 0 Å². The number of hydrogen-bond acceptors (Lipinski definition) is 2. The summed E-state index contributed by atoms with van der Waals surface area (Å²) in [5, 5.41) is 0. The third-order valence-electron chi connectivity index (χ3n) is 4.28. The number of para-hydroxylation sites is 1. The lowest BCUT2D eigenvalue weighted by molar-refractivity contribution is -0.162. The van der Waals surface area contributed by atoms with Crippen molar-refractivity contribution in [1.82, 2.24) is 0 Å². The zero-order valence-electron chi connectivity index (χ0n) is 15.5. The van der Waals surface area contributed by atoms with Crippen LogP contribution in [0.25, 0.3) is 11.1 Å². The van der Waals surface area contributed by atoms with Gasteiger partial charge in [0.15, 0.2) is 11.6 Å². The van der Waals surface area contributed by atoms with Gasteiger partial charge in [-0.1, -0.05) is 24.3 Å². The van der Waals surface area contributed by atoms with Gasteiger partial charge >= 0.3 is 12.4 Å². The van der Waals surface area contributed by atoms with Crippen molar-refractivity contribution in [1.29, 1.82) is 0 Å². The monoisotopic (exact) mass is 481 g/mol. The summed E-state index contributed by atoms with van der Waals surface area (Å²) in [5.74, 6) is -3.22. The van der Waals surface area contributed by atoms with Gasteiger partial charge in [0.05, 0.1) is 16.0 Å². The van der Waals surface area contributed by atoms with Gasteiger partial charge < -0.3 is 0 Å². The van der Waals surface area contributed by atoms with E-state index in [9.17, 15) is 43.5 Å². The number of nitrogens with one attached hydrogen (secondary N) is 1. The molecule has 0 atom stereocenters. The van der Waals surface area contributed by atoms with E-state index in [-0.39, 0.29) is 23.9 Å². The van der Waals surface area contributed by atoms with Crippen LogP contribution in [0, 0.1) is 11.6 Å². The standard InChI is InChI=1S/C20H11F8NO2S/c21-16-9-13(11-6-7-14(19(23,24)25)15(8-11)20(26,27)28)18(10-17(16)22)32(30,31)29-12-4-2-1-3-5-12/h1-10,29H. The maximum Gasteiger partial charge on any atom is 0.417 e. The average molecular weight is 481 g/mol. The summed E-state index contributed by atoms with van der Waals surface area (Å²) < 4.78 is 134. The van der Waals surface area contributed by atoms with E-state index in [2.05, 4.69) is 4.72 Å². The number of alkyl halides is 6. The van der Waals surface area contributed by atoms with E-state index < -0.39 is 61.2 Å². The minimum atomic E-state index is -5.46. The zero-order valence-corrected chi connectivity index (χ0v) is 16.3. The second-order valence-electron chi connectivity index (χ2n) is 6.49. The topological polar surface area (TPSA) is 46.2 Å². The lowest BCUT2D eigenvalue weighted by Crippen LogP contribution is -2.17. The molecule has 0 radical (unpaired) electrons. The van der Waals surface area contributed by atoms with Crippen molar-refractivity contribution in [2.75, 3.05) is 4.72 Å². The quantitative estimate of drug-likeness (QED) is 0.434. The van der Waals surface area contributed by atoms with Gasteiger partial charge in [-0.25, -0.2) is 17.2 Å². The third kappa shape index (κ3) is 4.85. The van der Waals surface area contributed by atoms with Gasteiger partial charge in [-0.3, -0.25) is 4.72 Å². The molecule has 3 nitrogen and oxygen atoms in total. The fourth-order valence-corrected chi connectivity index (χ4v) is 4.17. The van der Waals surface area contributed by atoms with Crippen LogP contribution in [0.2, 0.25) is 0 Å². The summed E-state index contributed by atoms with van der Waals surface area (Å²) in [6.45, 7) is 0. The first-order valence-electron chi connectivity index (χ1n) is 8.56. The first kappa shape index (κ1) is 23.5. The molecule has 0 aliphatic carbocycles. The highest BCUT2D eigenvalue weighted by Gasteiger charge is 2.43. The summed E-state index contributed by atoms with van der Waals surface area (Å²) in [6, 6.07) is 8.32. The number of rotatable bonds is 4. The van der Waals surface area contributed by atoms with Gasteiger partial charge in [0, 0.05) is 11.3 Å². The molecular weight excluding hydrogens is 470 g/mol. The van der Waals surface area contributed by atoms with Crippen LogP contribution in [0.1, 0.15) is 11.1 Å². The summed E-state index contributed by atoms with van der Waals surface area (Å²) >= 11 is 0. The molecular formula is C20H11F8NO2S. The molecule has 0 unspecified atom stereocenters. The molecule has 3 rings (SSSR count). The highest BCUT2D eigenvalue weighted by Crippen LogP contribution is 2.43. The first-order valence-corrected chi connectivity index (χ1v) is 10.0. The number of benzene rings is 3. The zero-order chi connectivity index (χ0) is 23.9. The smallest absolute Gasteiger partial charge is 0.280 e. The van der Waals surface area contributed by atoms with E-state index in [0.29, 0.717) is 12.1 Å². The van der Waals surface area contributed by atoms with Crippen molar-refractivity contribution < 1.29 is 43.5 Å². The predicted octanol–water partition coefficient (Wildman–Crippen LogP) is 6.47. The summed E-state index contributed by atoms with van der Waals surface area (Å²) in [7, 11) is -4.68. The minimum Gasteiger partial charge on any atom is -0.280 e. The molecule has 3 aromatic rings. The molecule has 32 heavy (non-hydrogen) atoms. The van der Waals surface area contributed by atoms with E-state index in [1.165, 1.54) is 24.3 Å². The van der Waals surface area contributed by atoms with Gasteiger partial charge in [-0.2, -0.15) is 26.3 Å². The predicted molar refractivity (Wildman–Crippen MR) is 99.0 cm³/mol. The maximum atomic E-state index is 13.9. The van der Waals surface area contributed by atoms with Crippen LogP contribution in [-0.4, -0.2) is 8.42 Å². The molecule has 0 bridgehead atoms. The Balaban J connectivity index is 2.24. The molecule has 0 spiro atoms. The SMILES string of the molecule is O=S(=O)(Nc1ccccc1)c1cc(F)c(F)cc1-c1ccc(C(F)(F)F)c(C(F)(F)F)c1. The Morgan fingerprint density at radius 2 is 1.25 bits per heavy atom. The van der Waals surface area contributed by atoms with Crippen LogP contribution in [-0.2, 0) is 22.4 Å². The van der Waals surface area contributed by atoms with Crippen molar-refractivity contribution >= 4 is 15.7 Å². The molecule has 0 saturated carbocycles. The lowest BCUT2D eigenvalue weighted by atomic mass is 9.98. The number of anilines is 1. The molecule has 1 N–H and O–H groups in total. The number of hydrogen-bond donors (Lipinski definition) is 1. The van der Waals surface area contributed by atoms with Crippen molar-refractivity contribution in [3.05, 3.63) is 83.4 Å². The highest BCUT2D eigenvalue weighted by molar-refractivity contribution is 7.92. The number of halogens is 8. The Morgan fingerprint density at radius 1 is 0.688 bits per heavy atom. The Morgan fingerprint density at radius 3 is 1.81 bits per heavy atom. The van der Waals surface area contributed by atoms with E-state index in [4.69, 9.17) is 0 Å². The second kappa shape index (κ2) is 8.08. The molecule has 0 fully saturated rings. The van der Waals surface area contributed by atoms with Gasteiger partial charge in [0.2, 0.25) is 0 Å². The summed E-state index contributed by atoms with van der Waals surface area (Å²) in [5.41, 5.74) is -5.58. The van der Waals surface area contributed by atoms with Gasteiger partial charge in [-0.15, -0.1) is 0 Å². The largest absolute Gasteiger partial charge is 0.417 e. The van der Waals surface area contributed by atoms with Crippen molar-refractivity contribution in [3.63, 3.8) is 0 Å². The van der Waals surface area contributed by atoms with Crippen molar-refractivity contribution in [2.24, 2.45) is 0 Å². The van der Waals surface area contributed by atoms with Gasteiger partial charge in [0.25, 0.3) is 10.0 Å². The molecule has 0 aliphatic heterocycles. The fourth-order valence-electron chi connectivity index (χ4n) is 2.89. The molecule has 12 heteroatoms. The van der Waals surface area contributed by atoms with Crippen LogP contribution < -0.4 is 4.72 Å². The first-order chi connectivity index (χ1) is 14.7. The fraction of sp³-hybridized carbons (Fsp3) is 0.100. The van der Waals surface area contributed by atoms with Crippen LogP contribution in [0.15, 0.2) is 65.6 Å². The van der Waals surface area contributed by atoms with Gasteiger partial charge in [0.1, 0.15) is 0 Å². The lowest BCUT2D eigenvalue weighted by Gasteiger charge is -2.18. The molecule has 0 aromatic heterocycles. The highest BCUT2D eigenvalue weighted by atomic mass is 32.2. The van der Waals surface area contributed by atoms with Crippen LogP contribution >= 0.6 is 0 Å². The molecule has 0 aliphatic rings. The molecule has 0 heterocycles. The minimum absolute atomic E-state index is 0.00610. The maximum absolute atomic E-state index is 13.9. The molecule has 0 saturated heterocycles. The van der Waals surface area contributed by atoms with Crippen LogP contribution in [0.4, 0.5) is 40.8 Å². The van der Waals surface area contributed by atoms with Crippen molar-refractivity contribution in [2.45, 2.75) is 17.2 Å². The Kier molecular flexibility index (Phi) is 5.94. The summed E-state index contributed by atoms with van der Waals surface area (Å²) in [4.78, 5) is -0.965. The summed E-state index contributed by atoms with van der Waals surface area (Å²) in [6.07, 6.45) is -10.8. The van der Waals surface area contributed by atoms with Crippen molar-refractivity contribution in [3.8, 4) is 11.1 Å². The Hall–Kier alpha value is -3.15. The molecule has 0 amide bonds. The Labute approximate surface area is 176 Å². The normalized spacial score (nSPS) is 12.6. The van der Waals surface area contributed by atoms with E-state index >= 15 is 0 Å². The second-order valence-corrected chi connectivity index (χ2v) is 8.14. The average Bonchev–Trinajstić information content (AvgIpc) is 2.68. The number of sulfonamides is 1. The molecule has 3 aromatic carbocycles. The van der Waals surface area contributed by atoms with Gasteiger partial charge in [-0.05, 0) is 42.0 Å². The Bertz CT molecular complexity index is 1250. The van der Waals surface area contributed by atoms with Crippen LogP contribution in [0.5, 0.6) is 0 Å². The van der Waals surface area contributed by atoms with E-state index in [1.807, 2.05) is 0 Å².